The molecule has 1 fully saturated rings. The average Bonchev–Trinajstić information content (AvgIpc) is 2.67. The summed E-state index contributed by atoms with van der Waals surface area (Å²) in [7, 11) is -3.50. The number of carbonyl (C=O) groups excluding carboxylic acids is 1. The molecule has 1 heterocycles. The van der Waals surface area contributed by atoms with Crippen molar-refractivity contribution < 1.29 is 17.9 Å². The van der Waals surface area contributed by atoms with E-state index in [0.717, 1.165) is 19.4 Å². The fourth-order valence-corrected chi connectivity index (χ4v) is 4.79. The van der Waals surface area contributed by atoms with Crippen molar-refractivity contribution in [2.45, 2.75) is 38.5 Å². The maximum absolute atomic E-state index is 12.8. The molecule has 2 rings (SSSR count). The number of amides is 1. The van der Waals surface area contributed by atoms with E-state index in [4.69, 9.17) is 4.74 Å². The Morgan fingerprint density at radius 3 is 2.42 bits per heavy atom. The molecule has 0 aromatic heterocycles. The Bertz CT molecular complexity index is 684. The monoisotopic (exact) mass is 382 g/mol. The van der Waals surface area contributed by atoms with Crippen molar-refractivity contribution in [3.63, 3.8) is 0 Å². The van der Waals surface area contributed by atoms with Crippen LogP contribution in [0.1, 0.15) is 44.0 Å². The lowest BCUT2D eigenvalue weighted by Gasteiger charge is -2.32. The van der Waals surface area contributed by atoms with Gasteiger partial charge < -0.3 is 9.64 Å². The van der Waals surface area contributed by atoms with Crippen molar-refractivity contribution in [1.29, 1.82) is 0 Å². The average molecular weight is 383 g/mol. The number of benzene rings is 1. The molecule has 1 unspecified atom stereocenters. The third-order valence-corrected chi connectivity index (χ3v) is 6.87. The maximum atomic E-state index is 12.8. The van der Waals surface area contributed by atoms with Gasteiger partial charge in [0.05, 0.1) is 11.5 Å². The minimum absolute atomic E-state index is 0.0435. The summed E-state index contributed by atoms with van der Waals surface area (Å²) in [6.45, 7) is 9.25. The molecule has 0 aliphatic carbocycles. The number of likely N-dealkylation sites (tertiary alicyclic amines) is 1. The topological polar surface area (TPSA) is 66.9 Å². The van der Waals surface area contributed by atoms with Crippen molar-refractivity contribution in [3.05, 3.63) is 29.8 Å². The molecular weight excluding hydrogens is 352 g/mol. The molecule has 1 atom stereocenters. The van der Waals surface area contributed by atoms with E-state index in [1.807, 2.05) is 25.7 Å². The zero-order valence-corrected chi connectivity index (χ0v) is 16.8. The fraction of sp³-hybridized carbons (Fsp3) is 0.632. The first kappa shape index (κ1) is 20.9. The molecule has 0 radical (unpaired) electrons. The number of sulfonamides is 1. The summed E-state index contributed by atoms with van der Waals surface area (Å²) in [5, 5.41) is 0. The molecule has 6 nitrogen and oxygen atoms in total. The molecule has 0 N–H and O–H groups in total. The Labute approximate surface area is 157 Å². The largest absolute Gasteiger partial charge is 0.381 e. The molecular formula is C19H30N2O4S. The van der Waals surface area contributed by atoms with Gasteiger partial charge in [-0.05, 0) is 49.9 Å². The third-order valence-electron chi connectivity index (χ3n) is 4.81. The van der Waals surface area contributed by atoms with Crippen LogP contribution in [0.4, 0.5) is 0 Å². The Hall–Kier alpha value is -1.44. The molecule has 146 valence electrons. The Balaban J connectivity index is 2.09. The quantitative estimate of drug-likeness (QED) is 0.693. The van der Waals surface area contributed by atoms with E-state index < -0.39 is 10.0 Å². The Kier molecular flexibility index (Phi) is 7.61. The summed E-state index contributed by atoms with van der Waals surface area (Å²) in [6.07, 6.45) is 2.04. The predicted molar refractivity (Wildman–Crippen MR) is 102 cm³/mol. The molecule has 0 spiro atoms. The van der Waals surface area contributed by atoms with Crippen LogP contribution in [-0.2, 0) is 14.8 Å². The highest BCUT2D eigenvalue weighted by Crippen LogP contribution is 2.21. The number of carbonyl (C=O) groups is 1. The summed E-state index contributed by atoms with van der Waals surface area (Å²) >= 11 is 0. The Morgan fingerprint density at radius 1 is 1.19 bits per heavy atom. The van der Waals surface area contributed by atoms with Gasteiger partial charge in [0, 0.05) is 38.3 Å². The lowest BCUT2D eigenvalue weighted by molar-refractivity contribution is 0.0501. The molecule has 1 aliphatic heterocycles. The lowest BCUT2D eigenvalue weighted by Crippen LogP contribution is -2.41. The maximum Gasteiger partial charge on any atom is 0.253 e. The zero-order valence-electron chi connectivity index (χ0n) is 16.0. The molecule has 1 amide bonds. The van der Waals surface area contributed by atoms with E-state index in [0.29, 0.717) is 44.3 Å². The zero-order chi connectivity index (χ0) is 19.2. The number of hydrogen-bond acceptors (Lipinski definition) is 4. The van der Waals surface area contributed by atoms with Crippen LogP contribution in [0, 0.1) is 5.92 Å². The number of hydrogen-bond donors (Lipinski definition) is 0. The third kappa shape index (κ3) is 4.84. The van der Waals surface area contributed by atoms with Crippen LogP contribution in [-0.4, -0.2) is 62.9 Å². The fourth-order valence-electron chi connectivity index (χ4n) is 3.33. The van der Waals surface area contributed by atoms with Crippen LogP contribution in [0.15, 0.2) is 29.2 Å². The minimum atomic E-state index is -3.50. The Morgan fingerprint density at radius 2 is 1.85 bits per heavy atom. The molecule has 26 heavy (non-hydrogen) atoms. The van der Waals surface area contributed by atoms with Crippen LogP contribution >= 0.6 is 0 Å². The van der Waals surface area contributed by atoms with E-state index in [2.05, 4.69) is 0 Å². The number of ether oxygens (including phenoxy) is 1. The van der Waals surface area contributed by atoms with E-state index >= 15 is 0 Å². The smallest absolute Gasteiger partial charge is 0.253 e. The molecule has 0 saturated carbocycles. The number of nitrogens with zero attached hydrogens (tertiary/aromatic N) is 2. The van der Waals surface area contributed by atoms with Gasteiger partial charge in [-0.1, -0.05) is 13.8 Å². The van der Waals surface area contributed by atoms with Gasteiger partial charge >= 0.3 is 0 Å². The molecule has 1 aromatic carbocycles. The van der Waals surface area contributed by atoms with E-state index in [-0.39, 0.29) is 10.8 Å². The summed E-state index contributed by atoms with van der Waals surface area (Å²) in [6, 6.07) is 6.29. The molecule has 1 saturated heterocycles. The van der Waals surface area contributed by atoms with Crippen molar-refractivity contribution in [1.82, 2.24) is 9.21 Å². The van der Waals surface area contributed by atoms with Gasteiger partial charge in [-0.15, -0.1) is 0 Å². The van der Waals surface area contributed by atoms with E-state index in [1.165, 1.54) is 16.4 Å². The normalized spacial score (nSPS) is 18.3. The van der Waals surface area contributed by atoms with Crippen molar-refractivity contribution in [2.24, 2.45) is 5.92 Å². The van der Waals surface area contributed by atoms with Crippen LogP contribution in [0.5, 0.6) is 0 Å². The SMILES string of the molecule is CCOCC1CCCN(C(=O)c2ccc(S(=O)(=O)N(CC)CC)cc2)C1. The second-order valence-corrected chi connectivity index (χ2v) is 8.47. The highest BCUT2D eigenvalue weighted by molar-refractivity contribution is 7.89. The first-order valence-corrected chi connectivity index (χ1v) is 10.8. The lowest BCUT2D eigenvalue weighted by atomic mass is 9.98. The van der Waals surface area contributed by atoms with Gasteiger partial charge in [-0.2, -0.15) is 4.31 Å². The van der Waals surface area contributed by atoms with Crippen LogP contribution < -0.4 is 0 Å². The van der Waals surface area contributed by atoms with Crippen LogP contribution in [0.25, 0.3) is 0 Å². The number of rotatable bonds is 8. The standard InChI is InChI=1S/C19H30N2O4S/c1-4-21(5-2)26(23,24)18-11-9-17(10-12-18)19(22)20-13-7-8-16(14-20)15-25-6-3/h9-12,16H,4-8,13-15H2,1-3H3. The molecule has 7 heteroatoms. The van der Waals surface area contributed by atoms with Crippen LogP contribution in [0.3, 0.4) is 0 Å². The molecule has 1 aliphatic rings. The summed E-state index contributed by atoms with van der Waals surface area (Å²) < 4.78 is 32.0. The van der Waals surface area contributed by atoms with Crippen LogP contribution in [0.2, 0.25) is 0 Å². The first-order valence-electron chi connectivity index (χ1n) is 9.41. The van der Waals surface area contributed by atoms with Crippen molar-refractivity contribution in [2.75, 3.05) is 39.4 Å². The minimum Gasteiger partial charge on any atom is -0.381 e. The summed E-state index contributed by atoms with van der Waals surface area (Å²) in [5.74, 6) is 0.327. The highest BCUT2D eigenvalue weighted by atomic mass is 32.2. The second-order valence-electron chi connectivity index (χ2n) is 6.53. The van der Waals surface area contributed by atoms with E-state index in [1.54, 1.807) is 12.1 Å². The van der Waals surface area contributed by atoms with Gasteiger partial charge in [-0.25, -0.2) is 8.42 Å². The van der Waals surface area contributed by atoms with Gasteiger partial charge in [0.1, 0.15) is 0 Å². The van der Waals surface area contributed by atoms with Gasteiger partial charge in [0.2, 0.25) is 10.0 Å². The first-order chi connectivity index (χ1) is 12.4. The van der Waals surface area contributed by atoms with Gasteiger partial charge in [-0.3, -0.25) is 4.79 Å². The second kappa shape index (κ2) is 9.48. The van der Waals surface area contributed by atoms with Gasteiger partial charge in [0.25, 0.3) is 5.91 Å². The number of piperidine rings is 1. The summed E-state index contributed by atoms with van der Waals surface area (Å²) in [4.78, 5) is 14.8. The summed E-state index contributed by atoms with van der Waals surface area (Å²) in [5.41, 5.74) is 0.528. The molecule has 0 bridgehead atoms. The van der Waals surface area contributed by atoms with Crippen molar-refractivity contribution in [3.8, 4) is 0 Å². The molecule has 1 aromatic rings. The van der Waals surface area contributed by atoms with E-state index in [9.17, 15) is 13.2 Å². The van der Waals surface area contributed by atoms with Crippen molar-refractivity contribution >= 4 is 15.9 Å². The van der Waals surface area contributed by atoms with Gasteiger partial charge in [0.15, 0.2) is 0 Å². The predicted octanol–water partition coefficient (Wildman–Crippen LogP) is 2.61. The highest BCUT2D eigenvalue weighted by Gasteiger charge is 2.26.